The average Bonchev–Trinajstić information content (AvgIpc) is 2.85. The van der Waals surface area contributed by atoms with E-state index in [2.05, 4.69) is 39.0 Å². The summed E-state index contributed by atoms with van der Waals surface area (Å²) >= 11 is 0. The maximum absolute atomic E-state index is 13.9. The molecule has 1 aliphatic heterocycles. The minimum absolute atomic E-state index is 0.0231. The minimum atomic E-state index is -1.49. The van der Waals surface area contributed by atoms with Gasteiger partial charge in [-0.15, -0.1) is 0 Å². The largest absolute Gasteiger partial charge is 0.466 e. The van der Waals surface area contributed by atoms with Gasteiger partial charge in [-0.25, -0.2) is 39.9 Å². The molecule has 0 aliphatic carbocycles. The van der Waals surface area contributed by atoms with Gasteiger partial charge in [0.2, 0.25) is 0 Å². The summed E-state index contributed by atoms with van der Waals surface area (Å²) in [7, 11) is 3.78. The van der Waals surface area contributed by atoms with Gasteiger partial charge in [0.15, 0.2) is 17.4 Å². The molecule has 0 fully saturated rings. The van der Waals surface area contributed by atoms with E-state index in [0.29, 0.717) is 4.90 Å². The predicted octanol–water partition coefficient (Wildman–Crippen LogP) is -0.0753. The molecule has 1 heterocycles. The molecular weight excluding hydrogens is 490 g/mol. The lowest BCUT2D eigenvalue weighted by molar-refractivity contribution is -0.137. The normalized spacial score (nSPS) is 14.4. The quantitative estimate of drug-likeness (QED) is 0.176. The van der Waals surface area contributed by atoms with Gasteiger partial charge in [-0.2, -0.15) is 0 Å². The molecule has 4 amide bonds. The fourth-order valence-electron chi connectivity index (χ4n) is 2.92. The Kier molecular flexibility index (Phi) is 15.0. The highest BCUT2D eigenvalue weighted by Crippen LogP contribution is 2.35. The molecular formula is C20H28F2N6O8. The van der Waals surface area contributed by atoms with E-state index in [0.717, 1.165) is 25.3 Å². The maximum Gasteiger partial charge on any atom is 0.338 e. The zero-order chi connectivity index (χ0) is 27.8. The molecule has 0 spiro atoms. The third-order valence-corrected chi connectivity index (χ3v) is 4.23. The number of halogens is 2. The lowest BCUT2D eigenvalue weighted by Crippen LogP contribution is -2.55. The summed E-state index contributed by atoms with van der Waals surface area (Å²) in [6.07, 6.45) is 0. The molecule has 0 aromatic heterocycles. The van der Waals surface area contributed by atoms with Crippen molar-refractivity contribution < 1.29 is 47.5 Å². The zero-order valence-corrected chi connectivity index (χ0v) is 19.7. The number of rotatable bonds is 8. The Balaban J connectivity index is 0.00000227. The number of nitrogens with one attached hydrogen (secondary N) is 2. The van der Waals surface area contributed by atoms with E-state index in [9.17, 15) is 28.0 Å². The molecule has 14 nitrogen and oxygen atoms in total. The van der Waals surface area contributed by atoms with Crippen molar-refractivity contribution in [3.8, 4) is 0 Å². The van der Waals surface area contributed by atoms with Crippen molar-refractivity contribution in [2.24, 2.45) is 16.8 Å². The van der Waals surface area contributed by atoms with Gasteiger partial charge >= 0.3 is 18.0 Å². The van der Waals surface area contributed by atoms with Crippen molar-refractivity contribution in [1.29, 1.82) is 0 Å². The Morgan fingerprint density at radius 2 is 1.83 bits per heavy atom. The summed E-state index contributed by atoms with van der Waals surface area (Å²) in [6.45, 7) is 2.19. The third kappa shape index (κ3) is 8.75. The summed E-state index contributed by atoms with van der Waals surface area (Å²) in [4.78, 5) is 57.3. The van der Waals surface area contributed by atoms with Crippen LogP contribution in [0, 0.1) is 11.6 Å². The number of nitrogens with two attached hydrogens (primary N) is 2. The van der Waals surface area contributed by atoms with E-state index < -0.39 is 48.0 Å². The van der Waals surface area contributed by atoms with Crippen molar-refractivity contribution in [3.05, 3.63) is 46.7 Å². The van der Waals surface area contributed by atoms with Crippen molar-refractivity contribution in [1.82, 2.24) is 15.5 Å². The highest BCUT2D eigenvalue weighted by Gasteiger charge is 2.43. The van der Waals surface area contributed by atoms with Gasteiger partial charge in [0.25, 0.3) is 0 Å². The number of Topliss-reactive ketones (excluding diaryl/α,β-unsaturated/α-hetero) is 1. The Hall–Kier alpha value is -3.83. The van der Waals surface area contributed by atoms with Crippen LogP contribution >= 0.6 is 0 Å². The van der Waals surface area contributed by atoms with Gasteiger partial charge in [-0.1, -0.05) is 6.07 Å². The summed E-state index contributed by atoms with van der Waals surface area (Å²) in [6, 6.07) is -0.892. The van der Waals surface area contributed by atoms with Crippen LogP contribution in [-0.4, -0.2) is 81.7 Å². The fraction of sp³-hybridized carbons (Fsp3) is 0.350. The Bertz CT molecular complexity index is 976. The SMILES string of the molecule is C=NCC(=O)CNC(=O)N1C(=O)NC(COC)=C(C(=O)OC)C1c1ccc(F)c(F)c1.CON.NO. The summed E-state index contributed by atoms with van der Waals surface area (Å²) in [5.41, 5.74) is -0.341. The van der Waals surface area contributed by atoms with Crippen molar-refractivity contribution in [2.75, 3.05) is 41.0 Å². The number of esters is 1. The Morgan fingerprint density at radius 1 is 1.22 bits per heavy atom. The number of ether oxygens (including phenoxy) is 2. The average molecular weight is 518 g/mol. The van der Waals surface area contributed by atoms with E-state index in [1.54, 1.807) is 0 Å². The second kappa shape index (κ2) is 16.7. The van der Waals surface area contributed by atoms with Crippen molar-refractivity contribution in [2.45, 2.75) is 6.04 Å². The zero-order valence-electron chi connectivity index (χ0n) is 19.7. The van der Waals surface area contributed by atoms with Crippen LogP contribution in [0.2, 0.25) is 0 Å². The number of nitrogens with zero attached hydrogens (tertiary/aromatic N) is 2. The molecule has 0 radical (unpaired) electrons. The molecule has 1 atom stereocenters. The van der Waals surface area contributed by atoms with Gasteiger partial charge < -0.3 is 30.2 Å². The number of urea groups is 2. The second-order valence-corrected chi connectivity index (χ2v) is 6.51. The molecule has 1 aliphatic rings. The molecule has 0 saturated heterocycles. The molecule has 0 saturated carbocycles. The Labute approximate surface area is 204 Å². The third-order valence-electron chi connectivity index (χ3n) is 4.23. The van der Waals surface area contributed by atoms with Crippen LogP contribution < -0.4 is 22.4 Å². The Morgan fingerprint density at radius 3 is 2.33 bits per heavy atom. The van der Waals surface area contributed by atoms with Gasteiger partial charge in [0.1, 0.15) is 6.04 Å². The van der Waals surface area contributed by atoms with Crippen LogP contribution in [-0.2, 0) is 23.9 Å². The van der Waals surface area contributed by atoms with E-state index in [1.165, 1.54) is 14.2 Å². The van der Waals surface area contributed by atoms with Gasteiger partial charge in [-0.05, 0) is 24.4 Å². The number of amides is 4. The fourth-order valence-corrected chi connectivity index (χ4v) is 2.92. The number of hydrogen-bond donors (Lipinski definition) is 5. The first-order valence-electron chi connectivity index (χ1n) is 9.72. The van der Waals surface area contributed by atoms with Crippen LogP contribution in [0.15, 0.2) is 34.5 Å². The first kappa shape index (κ1) is 32.2. The number of aliphatic imine (C=N–C) groups is 1. The van der Waals surface area contributed by atoms with Gasteiger partial charge in [-0.3, -0.25) is 9.79 Å². The van der Waals surface area contributed by atoms with Gasteiger partial charge in [0, 0.05) is 7.11 Å². The monoisotopic (exact) mass is 518 g/mol. The summed E-state index contributed by atoms with van der Waals surface area (Å²) in [5, 5.41) is 11.1. The maximum atomic E-state index is 13.9. The smallest absolute Gasteiger partial charge is 0.338 e. The highest BCUT2D eigenvalue weighted by atomic mass is 19.2. The number of methoxy groups -OCH3 is 2. The van der Waals surface area contributed by atoms with E-state index in [4.69, 9.17) is 14.7 Å². The van der Waals surface area contributed by atoms with Crippen molar-refractivity contribution >= 4 is 30.5 Å². The molecule has 7 N–H and O–H groups in total. The lowest BCUT2D eigenvalue weighted by Gasteiger charge is -2.36. The van der Waals surface area contributed by atoms with Crippen LogP contribution in [0.3, 0.4) is 0 Å². The van der Waals surface area contributed by atoms with Crippen LogP contribution in [0.25, 0.3) is 0 Å². The number of benzene rings is 1. The number of carbonyl (C=O) groups excluding carboxylic acids is 4. The number of ketones is 1. The number of hydrogen-bond acceptors (Lipinski definition) is 11. The lowest BCUT2D eigenvalue weighted by atomic mass is 9.93. The highest BCUT2D eigenvalue weighted by molar-refractivity contribution is 6.02. The van der Waals surface area contributed by atoms with Gasteiger partial charge in [0.05, 0.1) is 45.2 Å². The number of imide groups is 1. The van der Waals surface area contributed by atoms with Crippen LogP contribution in [0.4, 0.5) is 18.4 Å². The first-order chi connectivity index (χ1) is 17.2. The second-order valence-electron chi connectivity index (χ2n) is 6.51. The summed E-state index contributed by atoms with van der Waals surface area (Å²) < 4.78 is 37.2. The molecule has 1 unspecified atom stereocenters. The standard InChI is InChI=1S/C19H20F2N4O6.CH5NO.H3NO/c1-22-7-11(26)8-23-18(28)25-16(10-4-5-12(20)13(21)6-10)15(17(27)31-3)14(9-30-2)24-19(25)29;1-3-2;1-2/h4-6,16H,1,7-9H2,2-3H3,(H,23,28)(H,24,29);2H2,1H3;2H,1H2. The van der Waals surface area contributed by atoms with E-state index in [1.807, 2.05) is 0 Å². The number of carbonyl (C=O) groups is 4. The molecule has 1 aromatic carbocycles. The molecule has 1 aromatic rings. The summed E-state index contributed by atoms with van der Waals surface area (Å²) in [5.74, 6) is 4.00. The predicted molar refractivity (Wildman–Crippen MR) is 120 cm³/mol. The van der Waals surface area contributed by atoms with E-state index >= 15 is 0 Å². The minimum Gasteiger partial charge on any atom is -0.466 e. The molecule has 36 heavy (non-hydrogen) atoms. The first-order valence-corrected chi connectivity index (χ1v) is 9.72. The van der Waals surface area contributed by atoms with Crippen LogP contribution in [0.1, 0.15) is 11.6 Å². The molecule has 2 rings (SSSR count). The van der Waals surface area contributed by atoms with Crippen LogP contribution in [0.5, 0.6) is 0 Å². The molecule has 0 bridgehead atoms. The van der Waals surface area contributed by atoms with Crippen molar-refractivity contribution in [3.63, 3.8) is 0 Å². The molecule has 200 valence electrons. The topological polar surface area (TPSA) is 208 Å². The van der Waals surface area contributed by atoms with E-state index in [-0.39, 0.29) is 30.0 Å². The molecule has 16 heteroatoms.